The molecule has 1 heterocycles. The second-order valence-corrected chi connectivity index (χ2v) is 6.73. The predicted molar refractivity (Wildman–Crippen MR) is 82.1 cm³/mol. The number of carbonyl (C=O) groups is 1. The molecule has 0 spiro atoms. The molecule has 0 saturated heterocycles. The highest BCUT2D eigenvalue weighted by Gasteiger charge is 2.22. The standard InChI is InChI=1S/C14H19N3O2S/c1-14(2,3)11(18)8-15-12(19)17-13-16-9-6-4-5-7-10(9)20-13/h4-7,11,18H,8H2,1-3H3,(H2,15,16,17,19). The minimum Gasteiger partial charge on any atom is -0.391 e. The lowest BCUT2D eigenvalue weighted by Crippen LogP contribution is -2.40. The van der Waals surface area contributed by atoms with Gasteiger partial charge in [-0.2, -0.15) is 0 Å². The first-order valence-electron chi connectivity index (χ1n) is 6.45. The van der Waals surface area contributed by atoms with Crippen LogP contribution in [0, 0.1) is 5.41 Å². The van der Waals surface area contributed by atoms with Gasteiger partial charge in [-0.1, -0.05) is 44.2 Å². The van der Waals surface area contributed by atoms with E-state index < -0.39 is 6.10 Å². The van der Waals surface area contributed by atoms with E-state index in [2.05, 4.69) is 15.6 Å². The van der Waals surface area contributed by atoms with Crippen LogP contribution in [0.3, 0.4) is 0 Å². The van der Waals surface area contributed by atoms with Crippen molar-refractivity contribution >= 4 is 32.7 Å². The summed E-state index contributed by atoms with van der Waals surface area (Å²) in [5.41, 5.74) is 0.603. The summed E-state index contributed by atoms with van der Waals surface area (Å²) >= 11 is 1.42. The number of nitrogens with zero attached hydrogens (tertiary/aromatic N) is 1. The van der Waals surface area contributed by atoms with Crippen LogP contribution >= 0.6 is 11.3 Å². The number of fused-ring (bicyclic) bond motifs is 1. The number of thiazole rings is 1. The number of urea groups is 1. The number of anilines is 1. The van der Waals surface area contributed by atoms with Crippen LogP contribution in [0.25, 0.3) is 10.2 Å². The van der Waals surface area contributed by atoms with Crippen LogP contribution in [0.1, 0.15) is 20.8 Å². The second-order valence-electron chi connectivity index (χ2n) is 5.70. The van der Waals surface area contributed by atoms with Gasteiger partial charge in [0.15, 0.2) is 5.13 Å². The molecule has 1 atom stereocenters. The molecule has 2 rings (SSSR count). The fourth-order valence-corrected chi connectivity index (χ4v) is 2.42. The molecule has 0 radical (unpaired) electrons. The maximum absolute atomic E-state index is 11.8. The summed E-state index contributed by atoms with van der Waals surface area (Å²) in [4.78, 5) is 16.1. The van der Waals surface area contributed by atoms with Gasteiger partial charge in [0.1, 0.15) is 0 Å². The maximum Gasteiger partial charge on any atom is 0.321 e. The molecule has 20 heavy (non-hydrogen) atoms. The average Bonchev–Trinajstić information content (AvgIpc) is 2.76. The molecule has 6 heteroatoms. The Morgan fingerprint density at radius 1 is 1.40 bits per heavy atom. The molecule has 0 saturated carbocycles. The van der Waals surface area contributed by atoms with Crippen LogP contribution in [-0.4, -0.2) is 28.8 Å². The van der Waals surface area contributed by atoms with Crippen LogP contribution in [-0.2, 0) is 0 Å². The molecule has 3 N–H and O–H groups in total. The van der Waals surface area contributed by atoms with E-state index in [1.807, 2.05) is 45.0 Å². The van der Waals surface area contributed by atoms with Gasteiger partial charge in [0, 0.05) is 6.54 Å². The van der Waals surface area contributed by atoms with Gasteiger partial charge in [-0.25, -0.2) is 9.78 Å². The first-order chi connectivity index (χ1) is 9.36. The Kier molecular flexibility index (Phi) is 4.25. The summed E-state index contributed by atoms with van der Waals surface area (Å²) in [6, 6.07) is 7.35. The summed E-state index contributed by atoms with van der Waals surface area (Å²) in [5, 5.41) is 15.7. The summed E-state index contributed by atoms with van der Waals surface area (Å²) in [6.45, 7) is 5.97. The molecule has 0 aliphatic rings. The van der Waals surface area contributed by atoms with Crippen molar-refractivity contribution in [3.05, 3.63) is 24.3 Å². The fraction of sp³-hybridized carbons (Fsp3) is 0.429. The summed E-state index contributed by atoms with van der Waals surface area (Å²) < 4.78 is 1.03. The Labute approximate surface area is 122 Å². The molecule has 2 amide bonds. The van der Waals surface area contributed by atoms with E-state index in [9.17, 15) is 9.90 Å². The maximum atomic E-state index is 11.8. The van der Waals surface area contributed by atoms with E-state index in [-0.39, 0.29) is 18.0 Å². The highest BCUT2D eigenvalue weighted by atomic mass is 32.1. The summed E-state index contributed by atoms with van der Waals surface area (Å²) in [7, 11) is 0. The van der Waals surface area contributed by atoms with Gasteiger partial charge in [0.05, 0.1) is 16.3 Å². The van der Waals surface area contributed by atoms with Crippen LogP contribution < -0.4 is 10.6 Å². The molecular formula is C14H19N3O2S. The van der Waals surface area contributed by atoms with Gasteiger partial charge >= 0.3 is 6.03 Å². The Balaban J connectivity index is 1.91. The van der Waals surface area contributed by atoms with E-state index in [4.69, 9.17) is 0 Å². The molecule has 5 nitrogen and oxygen atoms in total. The van der Waals surface area contributed by atoms with E-state index in [1.54, 1.807) is 0 Å². The van der Waals surface area contributed by atoms with Crippen LogP contribution in [0.2, 0.25) is 0 Å². The Hall–Kier alpha value is -1.66. The lowest BCUT2D eigenvalue weighted by molar-refractivity contribution is 0.0654. The molecule has 2 aromatic rings. The number of nitrogens with one attached hydrogen (secondary N) is 2. The van der Waals surface area contributed by atoms with Gasteiger partial charge in [-0.05, 0) is 17.5 Å². The molecule has 108 valence electrons. The van der Waals surface area contributed by atoms with Crippen molar-refractivity contribution in [2.24, 2.45) is 5.41 Å². The van der Waals surface area contributed by atoms with Crippen LogP contribution in [0.4, 0.5) is 9.93 Å². The number of aliphatic hydroxyl groups excluding tert-OH is 1. The lowest BCUT2D eigenvalue weighted by Gasteiger charge is -2.25. The zero-order valence-electron chi connectivity index (χ0n) is 11.8. The molecule has 1 aromatic carbocycles. The van der Waals surface area contributed by atoms with Crippen LogP contribution in [0.5, 0.6) is 0 Å². The topological polar surface area (TPSA) is 74.2 Å². The zero-order valence-corrected chi connectivity index (χ0v) is 12.6. The molecule has 0 fully saturated rings. The second kappa shape index (κ2) is 5.76. The quantitative estimate of drug-likeness (QED) is 0.814. The van der Waals surface area contributed by atoms with Gasteiger partial charge in [0.25, 0.3) is 0 Å². The Morgan fingerprint density at radius 2 is 2.10 bits per heavy atom. The Bertz CT molecular complexity index is 571. The molecule has 1 aromatic heterocycles. The van der Waals surface area contributed by atoms with Crippen molar-refractivity contribution in [2.45, 2.75) is 26.9 Å². The third kappa shape index (κ3) is 3.68. The summed E-state index contributed by atoms with van der Waals surface area (Å²) in [6.07, 6.45) is -0.594. The molecule has 1 unspecified atom stereocenters. The van der Waals surface area contributed by atoms with E-state index >= 15 is 0 Å². The van der Waals surface area contributed by atoms with Crippen molar-refractivity contribution in [1.82, 2.24) is 10.3 Å². The van der Waals surface area contributed by atoms with Gasteiger partial charge in [0.2, 0.25) is 0 Å². The Morgan fingerprint density at radius 3 is 2.75 bits per heavy atom. The highest BCUT2D eigenvalue weighted by molar-refractivity contribution is 7.22. The van der Waals surface area contributed by atoms with Crippen molar-refractivity contribution < 1.29 is 9.90 Å². The number of carbonyl (C=O) groups excluding carboxylic acids is 1. The molecular weight excluding hydrogens is 274 g/mol. The third-order valence-electron chi connectivity index (χ3n) is 2.97. The highest BCUT2D eigenvalue weighted by Crippen LogP contribution is 2.25. The van der Waals surface area contributed by atoms with Crippen LogP contribution in [0.15, 0.2) is 24.3 Å². The zero-order chi connectivity index (χ0) is 14.8. The monoisotopic (exact) mass is 293 g/mol. The van der Waals surface area contributed by atoms with Crippen molar-refractivity contribution in [3.8, 4) is 0 Å². The molecule has 0 aliphatic carbocycles. The molecule has 0 aliphatic heterocycles. The van der Waals surface area contributed by atoms with Crippen molar-refractivity contribution in [2.75, 3.05) is 11.9 Å². The number of hydrogen-bond donors (Lipinski definition) is 3. The third-order valence-corrected chi connectivity index (χ3v) is 3.92. The predicted octanol–water partition coefficient (Wildman–Crippen LogP) is 2.82. The average molecular weight is 293 g/mol. The van der Waals surface area contributed by atoms with E-state index in [0.29, 0.717) is 5.13 Å². The minimum atomic E-state index is -0.594. The minimum absolute atomic E-state index is 0.209. The molecule has 0 bridgehead atoms. The SMILES string of the molecule is CC(C)(C)C(O)CNC(=O)Nc1nc2ccccc2s1. The number of amides is 2. The van der Waals surface area contributed by atoms with Crippen molar-refractivity contribution in [1.29, 1.82) is 0 Å². The van der Waals surface area contributed by atoms with Gasteiger partial charge in [-0.15, -0.1) is 0 Å². The number of hydrogen-bond acceptors (Lipinski definition) is 4. The van der Waals surface area contributed by atoms with E-state index in [0.717, 1.165) is 10.2 Å². The number of para-hydroxylation sites is 1. The number of aliphatic hydroxyl groups is 1. The summed E-state index contributed by atoms with van der Waals surface area (Å²) in [5.74, 6) is 0. The first kappa shape index (κ1) is 14.7. The number of benzene rings is 1. The normalized spacial score (nSPS) is 13.2. The number of aromatic nitrogens is 1. The van der Waals surface area contributed by atoms with E-state index in [1.165, 1.54) is 11.3 Å². The first-order valence-corrected chi connectivity index (χ1v) is 7.26. The van der Waals surface area contributed by atoms with Gasteiger partial charge in [-0.3, -0.25) is 5.32 Å². The van der Waals surface area contributed by atoms with Crippen molar-refractivity contribution in [3.63, 3.8) is 0 Å². The lowest BCUT2D eigenvalue weighted by atomic mass is 9.89. The smallest absolute Gasteiger partial charge is 0.321 e. The largest absolute Gasteiger partial charge is 0.391 e. The number of rotatable bonds is 3. The van der Waals surface area contributed by atoms with Gasteiger partial charge < -0.3 is 10.4 Å². The fourth-order valence-electron chi connectivity index (χ4n) is 1.56.